The number of imidazole rings is 1. The largest absolute Gasteiger partial charge is 0.321 e. The molecule has 24 heavy (non-hydrogen) atoms. The van der Waals surface area contributed by atoms with Gasteiger partial charge in [0.1, 0.15) is 17.1 Å². The molecular weight excluding hydrogens is 349 g/mol. The van der Waals surface area contributed by atoms with E-state index in [1.54, 1.807) is 17.5 Å². The Kier molecular flexibility index (Phi) is 5.54. The molecule has 0 amide bonds. The molecule has 2 aromatic rings. The fourth-order valence-electron chi connectivity index (χ4n) is 3.21. The van der Waals surface area contributed by atoms with Gasteiger partial charge in [-0.2, -0.15) is 0 Å². The molecule has 2 aromatic heterocycles. The molecule has 0 unspecified atom stereocenters. The van der Waals surface area contributed by atoms with E-state index in [0.717, 1.165) is 24.6 Å². The summed E-state index contributed by atoms with van der Waals surface area (Å²) in [5.41, 5.74) is 2.91. The zero-order valence-corrected chi connectivity index (χ0v) is 15.8. The van der Waals surface area contributed by atoms with Gasteiger partial charge in [-0.05, 0) is 20.4 Å². The summed E-state index contributed by atoms with van der Waals surface area (Å²) >= 11 is 7.69. The predicted octanol–water partition coefficient (Wildman–Crippen LogP) is 2.88. The Bertz CT molecular complexity index is 688. The number of nitrogens with zero attached hydrogens (tertiary/aromatic N) is 5. The van der Waals surface area contributed by atoms with Crippen molar-refractivity contribution in [3.63, 3.8) is 0 Å². The third-order valence-corrected chi connectivity index (χ3v) is 5.90. The van der Waals surface area contributed by atoms with Crippen LogP contribution in [0.25, 0.3) is 0 Å². The maximum absolute atomic E-state index is 14.0. The van der Waals surface area contributed by atoms with Crippen molar-refractivity contribution in [1.29, 1.82) is 0 Å². The minimum absolute atomic E-state index is 0.210. The summed E-state index contributed by atoms with van der Waals surface area (Å²) in [6.45, 7) is 4.81. The van der Waals surface area contributed by atoms with E-state index in [0.29, 0.717) is 24.7 Å². The Labute approximate surface area is 151 Å². The molecule has 132 valence electrons. The Morgan fingerprint density at radius 2 is 2.25 bits per heavy atom. The molecule has 0 aliphatic carbocycles. The van der Waals surface area contributed by atoms with Gasteiger partial charge in [0.25, 0.3) is 0 Å². The first kappa shape index (κ1) is 17.8. The Balaban J connectivity index is 1.61. The van der Waals surface area contributed by atoms with Crippen LogP contribution >= 0.6 is 22.9 Å². The van der Waals surface area contributed by atoms with Crippen LogP contribution in [0, 0.1) is 6.92 Å². The maximum Gasteiger partial charge on any atom is 0.128 e. The number of halogens is 2. The highest BCUT2D eigenvalue weighted by atomic mass is 35.5. The fourth-order valence-corrected chi connectivity index (χ4v) is 4.15. The van der Waals surface area contributed by atoms with E-state index in [2.05, 4.69) is 19.8 Å². The zero-order valence-electron chi connectivity index (χ0n) is 14.2. The molecule has 0 radical (unpaired) electrons. The van der Waals surface area contributed by atoms with Crippen molar-refractivity contribution in [1.82, 2.24) is 24.3 Å². The average molecular weight is 372 g/mol. The van der Waals surface area contributed by atoms with E-state index < -0.39 is 6.17 Å². The number of likely N-dealkylation sites (N-methyl/N-ethyl adjacent to an activating group) is 1. The van der Waals surface area contributed by atoms with Gasteiger partial charge in [0.05, 0.1) is 23.9 Å². The number of aromatic nitrogens is 3. The first-order chi connectivity index (χ1) is 11.4. The summed E-state index contributed by atoms with van der Waals surface area (Å²) in [4.78, 5) is 14.3. The van der Waals surface area contributed by atoms with Crippen molar-refractivity contribution in [3.05, 3.63) is 33.3 Å². The topological polar surface area (TPSA) is 37.2 Å². The molecule has 1 saturated heterocycles. The van der Waals surface area contributed by atoms with Gasteiger partial charge < -0.3 is 4.57 Å². The van der Waals surface area contributed by atoms with Crippen molar-refractivity contribution in [2.45, 2.75) is 38.6 Å². The van der Waals surface area contributed by atoms with E-state index in [9.17, 15) is 4.39 Å². The number of alkyl halides is 1. The lowest BCUT2D eigenvalue weighted by Gasteiger charge is -2.28. The molecule has 5 nitrogen and oxygen atoms in total. The molecule has 3 rings (SSSR count). The lowest BCUT2D eigenvalue weighted by Crippen LogP contribution is -2.38. The Hall–Kier alpha value is -1.02. The van der Waals surface area contributed by atoms with Gasteiger partial charge in [0.2, 0.25) is 0 Å². The van der Waals surface area contributed by atoms with Crippen LogP contribution in [-0.2, 0) is 20.1 Å². The minimum Gasteiger partial charge on any atom is -0.321 e. The third-order valence-electron chi connectivity index (χ3n) is 4.63. The summed E-state index contributed by atoms with van der Waals surface area (Å²) in [5.74, 6) is 0.919. The van der Waals surface area contributed by atoms with E-state index in [-0.39, 0.29) is 6.04 Å². The van der Waals surface area contributed by atoms with Crippen LogP contribution in [0.5, 0.6) is 0 Å². The average Bonchev–Trinajstić information content (AvgIpc) is 3.17. The van der Waals surface area contributed by atoms with Crippen LogP contribution in [0.3, 0.4) is 0 Å². The van der Waals surface area contributed by atoms with Crippen LogP contribution in [-0.4, -0.2) is 56.7 Å². The highest BCUT2D eigenvalue weighted by Gasteiger charge is 2.33. The third kappa shape index (κ3) is 3.96. The molecule has 1 aliphatic rings. The standard InChI is InChI=1S/C16H23ClFN5S/c1-11-14(24-10-20-11)8-23-6-12(18)4-13(23)7-21(2)9-16-19-5-15(17)22(16)3/h5,10,12-13H,4,6-9H2,1-3H3/t12-,13-/m0/s1. The first-order valence-corrected chi connectivity index (χ1v) is 9.31. The van der Waals surface area contributed by atoms with Crippen molar-refractivity contribution >= 4 is 22.9 Å². The van der Waals surface area contributed by atoms with Gasteiger partial charge in [0, 0.05) is 37.6 Å². The number of likely N-dealkylation sites (tertiary alicyclic amines) is 1. The van der Waals surface area contributed by atoms with Gasteiger partial charge in [-0.1, -0.05) is 11.6 Å². The van der Waals surface area contributed by atoms with Crippen molar-refractivity contribution in [2.24, 2.45) is 7.05 Å². The summed E-state index contributed by atoms with van der Waals surface area (Å²) < 4.78 is 15.9. The van der Waals surface area contributed by atoms with Crippen LogP contribution in [0.1, 0.15) is 22.8 Å². The van der Waals surface area contributed by atoms with Crippen molar-refractivity contribution in [2.75, 3.05) is 20.1 Å². The second-order valence-corrected chi connectivity index (χ2v) is 7.86. The first-order valence-electron chi connectivity index (χ1n) is 8.05. The molecule has 0 aromatic carbocycles. The van der Waals surface area contributed by atoms with Crippen LogP contribution in [0.4, 0.5) is 4.39 Å². The van der Waals surface area contributed by atoms with E-state index in [1.165, 1.54) is 4.88 Å². The minimum atomic E-state index is -0.751. The molecule has 0 bridgehead atoms. The monoisotopic (exact) mass is 371 g/mol. The molecular formula is C16H23ClFN5S. The molecule has 2 atom stereocenters. The summed E-state index contributed by atoms with van der Waals surface area (Å²) in [6, 6.07) is 0.210. The van der Waals surface area contributed by atoms with Crippen LogP contribution in [0.2, 0.25) is 5.15 Å². The Morgan fingerprint density at radius 3 is 2.88 bits per heavy atom. The number of aryl methyl sites for hydroxylation is 1. The molecule has 0 N–H and O–H groups in total. The normalized spacial score (nSPS) is 21.9. The van der Waals surface area contributed by atoms with Gasteiger partial charge in [-0.3, -0.25) is 9.80 Å². The summed E-state index contributed by atoms with van der Waals surface area (Å²) in [5, 5.41) is 0.630. The maximum atomic E-state index is 14.0. The lowest BCUT2D eigenvalue weighted by atomic mass is 10.2. The van der Waals surface area contributed by atoms with Gasteiger partial charge in [-0.15, -0.1) is 11.3 Å². The van der Waals surface area contributed by atoms with Crippen molar-refractivity contribution in [3.8, 4) is 0 Å². The second-order valence-electron chi connectivity index (χ2n) is 6.53. The quantitative estimate of drug-likeness (QED) is 0.782. The van der Waals surface area contributed by atoms with E-state index in [4.69, 9.17) is 11.6 Å². The van der Waals surface area contributed by atoms with Gasteiger partial charge in [0.15, 0.2) is 0 Å². The SMILES string of the molecule is Cc1ncsc1CN1C[C@@H](F)C[C@H]1CN(C)Cc1ncc(Cl)n1C. The lowest BCUT2D eigenvalue weighted by molar-refractivity contribution is 0.179. The molecule has 8 heteroatoms. The predicted molar refractivity (Wildman–Crippen MR) is 95.1 cm³/mol. The zero-order chi connectivity index (χ0) is 17.3. The van der Waals surface area contributed by atoms with Gasteiger partial charge in [-0.25, -0.2) is 14.4 Å². The summed E-state index contributed by atoms with van der Waals surface area (Å²) in [6.07, 6.45) is 1.50. The van der Waals surface area contributed by atoms with Crippen LogP contribution < -0.4 is 0 Å². The van der Waals surface area contributed by atoms with E-state index >= 15 is 0 Å². The molecule has 0 saturated carbocycles. The molecule has 3 heterocycles. The van der Waals surface area contributed by atoms with Gasteiger partial charge >= 0.3 is 0 Å². The van der Waals surface area contributed by atoms with Crippen LogP contribution in [0.15, 0.2) is 11.7 Å². The smallest absolute Gasteiger partial charge is 0.128 e. The highest BCUT2D eigenvalue weighted by Crippen LogP contribution is 2.26. The Morgan fingerprint density at radius 1 is 1.46 bits per heavy atom. The number of thiazole rings is 1. The number of rotatable bonds is 6. The molecule has 1 aliphatic heterocycles. The number of hydrogen-bond acceptors (Lipinski definition) is 5. The fraction of sp³-hybridized carbons (Fsp3) is 0.625. The summed E-state index contributed by atoms with van der Waals surface area (Å²) in [7, 11) is 3.95. The molecule has 0 spiro atoms. The highest BCUT2D eigenvalue weighted by molar-refractivity contribution is 7.09. The van der Waals surface area contributed by atoms with E-state index in [1.807, 2.05) is 31.1 Å². The molecule has 1 fully saturated rings. The second kappa shape index (κ2) is 7.47. The van der Waals surface area contributed by atoms with Crippen molar-refractivity contribution < 1.29 is 4.39 Å². The number of hydrogen-bond donors (Lipinski definition) is 0.